The second-order valence-corrected chi connectivity index (χ2v) is 6.70. The van der Waals surface area contributed by atoms with Gasteiger partial charge in [-0.1, -0.05) is 0 Å². The summed E-state index contributed by atoms with van der Waals surface area (Å²) < 4.78 is 44.5. The number of methoxy groups -OCH3 is 1. The van der Waals surface area contributed by atoms with E-state index >= 15 is 0 Å². The average molecular weight is 319 g/mol. The molecule has 0 fully saturated rings. The molecular weight excluding hydrogens is 301 g/mol. The summed E-state index contributed by atoms with van der Waals surface area (Å²) in [7, 11) is -3.35. The maximum absolute atomic E-state index is 12.9. The predicted octanol–water partition coefficient (Wildman–Crippen LogP) is 2.84. The third-order valence-electron chi connectivity index (χ3n) is 2.28. The van der Waals surface area contributed by atoms with Crippen molar-refractivity contribution >= 4 is 22.0 Å². The highest BCUT2D eigenvalue weighted by atomic mass is 32.3. The topological polar surface area (TPSA) is 81.7 Å². The van der Waals surface area contributed by atoms with Crippen molar-refractivity contribution in [3.63, 3.8) is 0 Å². The Bertz CT molecular complexity index is 622. The molecule has 1 rings (SSSR count). The summed E-state index contributed by atoms with van der Waals surface area (Å²) in [6, 6.07) is 4.27. The number of halogens is 1. The zero-order chi connectivity index (χ0) is 16.3. The molecule has 0 aliphatic heterocycles. The van der Waals surface area contributed by atoms with Crippen molar-refractivity contribution in [3.05, 3.63) is 23.8 Å². The van der Waals surface area contributed by atoms with Crippen molar-refractivity contribution in [2.45, 2.75) is 32.1 Å². The number of hydrogen-bond acceptors (Lipinski definition) is 5. The first-order valence-electron chi connectivity index (χ1n) is 6.09. The number of carbonyl (C=O) groups is 1. The molecule has 0 aliphatic rings. The van der Waals surface area contributed by atoms with Crippen molar-refractivity contribution in [3.8, 4) is 5.75 Å². The second kappa shape index (κ2) is 6.30. The fourth-order valence-electron chi connectivity index (χ4n) is 1.54. The van der Waals surface area contributed by atoms with Crippen molar-refractivity contribution in [2.75, 3.05) is 12.4 Å². The van der Waals surface area contributed by atoms with Crippen LogP contribution in [0, 0.1) is 0 Å². The van der Waals surface area contributed by atoms with E-state index < -0.39 is 27.7 Å². The van der Waals surface area contributed by atoms with E-state index in [1.165, 1.54) is 25.3 Å². The van der Waals surface area contributed by atoms with Crippen LogP contribution in [0.5, 0.6) is 5.75 Å². The molecule has 0 spiro atoms. The minimum Gasteiger partial charge on any atom is -0.497 e. The Morgan fingerprint density at radius 2 is 1.95 bits per heavy atom. The Kier molecular flexibility index (Phi) is 5.16. The average Bonchev–Trinajstić information content (AvgIpc) is 2.27. The SMILES string of the molecule is COc1ccc(NC(=O)OC(C)(C)C)c(CS(=O)(=O)F)c1. The Hall–Kier alpha value is -1.83. The summed E-state index contributed by atoms with van der Waals surface area (Å²) in [6.07, 6.45) is -0.759. The Morgan fingerprint density at radius 3 is 2.43 bits per heavy atom. The smallest absolute Gasteiger partial charge is 0.412 e. The standard InChI is InChI=1S/C13H18FNO5S/c1-13(2,3)20-12(16)15-11-6-5-10(19-4)7-9(11)8-21(14,17)18/h5-7H,8H2,1-4H3,(H,15,16). The molecular formula is C13H18FNO5S. The number of anilines is 1. The maximum atomic E-state index is 12.9. The lowest BCUT2D eigenvalue weighted by Gasteiger charge is -2.20. The zero-order valence-electron chi connectivity index (χ0n) is 12.3. The lowest BCUT2D eigenvalue weighted by atomic mass is 10.2. The summed E-state index contributed by atoms with van der Waals surface area (Å²) in [4.78, 5) is 11.7. The summed E-state index contributed by atoms with van der Waals surface area (Å²) in [5.41, 5.74) is -0.489. The Morgan fingerprint density at radius 1 is 1.33 bits per heavy atom. The fourth-order valence-corrected chi connectivity index (χ4v) is 2.15. The Labute approximate surface area is 123 Å². The molecule has 0 heterocycles. The molecule has 6 nitrogen and oxygen atoms in total. The molecule has 0 saturated heterocycles. The van der Waals surface area contributed by atoms with E-state index in [1.54, 1.807) is 20.8 Å². The van der Waals surface area contributed by atoms with Crippen LogP contribution >= 0.6 is 0 Å². The molecule has 0 bridgehead atoms. The van der Waals surface area contributed by atoms with E-state index in [0.29, 0.717) is 5.75 Å². The van der Waals surface area contributed by atoms with Crippen LogP contribution in [0.25, 0.3) is 0 Å². The van der Waals surface area contributed by atoms with Gasteiger partial charge in [0.15, 0.2) is 0 Å². The van der Waals surface area contributed by atoms with E-state index in [-0.39, 0.29) is 11.3 Å². The van der Waals surface area contributed by atoms with Crippen LogP contribution in [0.1, 0.15) is 26.3 Å². The molecule has 1 aromatic carbocycles. The van der Waals surface area contributed by atoms with E-state index in [4.69, 9.17) is 9.47 Å². The van der Waals surface area contributed by atoms with Gasteiger partial charge < -0.3 is 9.47 Å². The van der Waals surface area contributed by atoms with Gasteiger partial charge >= 0.3 is 16.3 Å². The number of nitrogens with one attached hydrogen (secondary N) is 1. The molecule has 1 N–H and O–H groups in total. The summed E-state index contributed by atoms with van der Waals surface area (Å²) >= 11 is 0. The largest absolute Gasteiger partial charge is 0.497 e. The number of benzene rings is 1. The van der Waals surface area contributed by atoms with Crippen LogP contribution in [0.15, 0.2) is 18.2 Å². The molecule has 8 heteroatoms. The molecule has 0 atom stereocenters. The van der Waals surface area contributed by atoms with E-state index in [2.05, 4.69) is 5.32 Å². The predicted molar refractivity (Wildman–Crippen MR) is 76.6 cm³/mol. The van der Waals surface area contributed by atoms with Gasteiger partial charge in [0, 0.05) is 5.69 Å². The van der Waals surface area contributed by atoms with Crippen molar-refractivity contribution in [2.24, 2.45) is 0 Å². The van der Waals surface area contributed by atoms with E-state index in [1.807, 2.05) is 0 Å². The third-order valence-corrected chi connectivity index (χ3v) is 2.93. The van der Waals surface area contributed by atoms with Crippen molar-refractivity contribution in [1.82, 2.24) is 0 Å². The van der Waals surface area contributed by atoms with Gasteiger partial charge in [-0.3, -0.25) is 5.32 Å². The highest BCUT2D eigenvalue weighted by Crippen LogP contribution is 2.25. The fraction of sp³-hybridized carbons (Fsp3) is 0.462. The Balaban J connectivity index is 3.03. The number of amides is 1. The maximum Gasteiger partial charge on any atom is 0.412 e. The van der Waals surface area contributed by atoms with Gasteiger partial charge in [-0.25, -0.2) is 4.79 Å². The summed E-state index contributed by atoms with van der Waals surface area (Å²) in [5, 5.41) is 2.39. The van der Waals surface area contributed by atoms with Crippen LogP contribution in [-0.4, -0.2) is 27.2 Å². The zero-order valence-corrected chi connectivity index (χ0v) is 13.1. The quantitative estimate of drug-likeness (QED) is 0.863. The number of hydrogen-bond donors (Lipinski definition) is 1. The number of ether oxygens (including phenoxy) is 2. The van der Waals surface area contributed by atoms with Crippen LogP contribution in [0.3, 0.4) is 0 Å². The first-order chi connectivity index (χ1) is 9.50. The molecule has 1 aromatic rings. The van der Waals surface area contributed by atoms with Gasteiger partial charge in [-0.15, -0.1) is 3.89 Å². The molecule has 0 unspecified atom stereocenters. The van der Waals surface area contributed by atoms with Crippen LogP contribution < -0.4 is 10.1 Å². The van der Waals surface area contributed by atoms with E-state index in [0.717, 1.165) is 0 Å². The molecule has 1 amide bonds. The first kappa shape index (κ1) is 17.2. The van der Waals surface area contributed by atoms with Gasteiger partial charge in [0.25, 0.3) is 0 Å². The van der Waals surface area contributed by atoms with Crippen molar-refractivity contribution in [1.29, 1.82) is 0 Å². The minimum absolute atomic E-state index is 0.0720. The van der Waals surface area contributed by atoms with Crippen LogP contribution in [0.2, 0.25) is 0 Å². The summed E-state index contributed by atoms with van der Waals surface area (Å²) in [5.74, 6) is -0.515. The monoisotopic (exact) mass is 319 g/mol. The number of carbonyl (C=O) groups excluding carboxylic acids is 1. The second-order valence-electron chi connectivity index (χ2n) is 5.33. The lowest BCUT2D eigenvalue weighted by Crippen LogP contribution is -2.27. The minimum atomic E-state index is -4.74. The molecule has 21 heavy (non-hydrogen) atoms. The molecule has 118 valence electrons. The van der Waals surface area contributed by atoms with Crippen molar-refractivity contribution < 1.29 is 26.6 Å². The molecule has 0 aromatic heterocycles. The normalized spacial score (nSPS) is 11.9. The molecule has 0 saturated carbocycles. The highest BCUT2D eigenvalue weighted by Gasteiger charge is 2.19. The lowest BCUT2D eigenvalue weighted by molar-refractivity contribution is 0.0635. The molecule has 0 radical (unpaired) electrons. The van der Waals surface area contributed by atoms with E-state index in [9.17, 15) is 17.1 Å². The van der Waals surface area contributed by atoms with Gasteiger partial charge in [-0.2, -0.15) is 8.42 Å². The third kappa shape index (κ3) is 6.44. The van der Waals surface area contributed by atoms with Gasteiger partial charge in [-0.05, 0) is 44.5 Å². The van der Waals surface area contributed by atoms with Crippen LogP contribution in [-0.2, 0) is 20.7 Å². The van der Waals surface area contributed by atoms with Gasteiger partial charge in [0.05, 0.1) is 7.11 Å². The summed E-state index contributed by atoms with van der Waals surface area (Å²) in [6.45, 7) is 5.06. The van der Waals surface area contributed by atoms with Gasteiger partial charge in [0.1, 0.15) is 17.1 Å². The number of rotatable bonds is 4. The molecule has 0 aliphatic carbocycles. The van der Waals surface area contributed by atoms with Gasteiger partial charge in [0.2, 0.25) is 0 Å². The highest BCUT2D eigenvalue weighted by molar-refractivity contribution is 7.85. The van der Waals surface area contributed by atoms with Crippen LogP contribution in [0.4, 0.5) is 14.4 Å². The first-order valence-corrected chi connectivity index (χ1v) is 7.65.